The summed E-state index contributed by atoms with van der Waals surface area (Å²) in [6.45, 7) is 1.63. The van der Waals surface area contributed by atoms with Gasteiger partial charge in [-0.05, 0) is 24.6 Å². The lowest BCUT2D eigenvalue weighted by Crippen LogP contribution is -2.05. The lowest BCUT2D eigenvalue weighted by Gasteiger charge is -2.13. The number of aryl methyl sites for hydroxylation is 1. The highest BCUT2D eigenvalue weighted by Gasteiger charge is 2.26. The topological polar surface area (TPSA) is 62.3 Å². The molecule has 0 fully saturated rings. The van der Waals surface area contributed by atoms with Crippen LogP contribution in [0.25, 0.3) is 0 Å². The summed E-state index contributed by atoms with van der Waals surface area (Å²) in [5, 5.41) is 10.6. The predicted molar refractivity (Wildman–Crippen MR) is 78.7 cm³/mol. The molecule has 0 saturated carbocycles. The summed E-state index contributed by atoms with van der Waals surface area (Å²) in [7, 11) is 1.36. The van der Waals surface area contributed by atoms with Gasteiger partial charge in [0.15, 0.2) is 5.75 Å². The van der Waals surface area contributed by atoms with Gasteiger partial charge in [-0.3, -0.25) is 4.79 Å². The van der Waals surface area contributed by atoms with Gasteiger partial charge in [0.25, 0.3) is 0 Å². The summed E-state index contributed by atoms with van der Waals surface area (Å²) < 4.78 is 5.10. The second-order valence-electron chi connectivity index (χ2n) is 4.11. The lowest BCUT2D eigenvalue weighted by atomic mass is 10.0. The molecule has 0 unspecified atom stereocenters. The number of phenolic OH excluding ortho intramolecular Hbond substituents is 1. The van der Waals surface area contributed by atoms with Crippen molar-refractivity contribution in [2.45, 2.75) is 6.92 Å². The van der Waals surface area contributed by atoms with Crippen LogP contribution in [0.4, 0.5) is 0 Å². The fourth-order valence-electron chi connectivity index (χ4n) is 1.86. The Morgan fingerprint density at radius 3 is 2.45 bits per heavy atom. The van der Waals surface area contributed by atoms with Crippen LogP contribution < -0.4 is 4.74 Å². The Morgan fingerprint density at radius 1 is 1.30 bits per heavy atom. The van der Waals surface area contributed by atoms with Gasteiger partial charge in [0.2, 0.25) is 5.78 Å². The summed E-state index contributed by atoms with van der Waals surface area (Å²) >= 11 is 17.7. The number of hydrogen-bond donors (Lipinski definition) is 2. The number of ketones is 1. The van der Waals surface area contributed by atoms with E-state index in [-0.39, 0.29) is 38.0 Å². The van der Waals surface area contributed by atoms with Crippen LogP contribution >= 0.6 is 34.8 Å². The number of aromatic hydroxyl groups is 1. The Kier molecular flexibility index (Phi) is 4.18. The van der Waals surface area contributed by atoms with Crippen LogP contribution in [-0.4, -0.2) is 23.0 Å². The van der Waals surface area contributed by atoms with Gasteiger partial charge in [-0.1, -0.05) is 34.8 Å². The first kappa shape index (κ1) is 15.0. The van der Waals surface area contributed by atoms with E-state index in [2.05, 4.69) is 4.98 Å². The van der Waals surface area contributed by atoms with Crippen molar-refractivity contribution in [2.24, 2.45) is 0 Å². The molecule has 20 heavy (non-hydrogen) atoms. The number of hydrogen-bond acceptors (Lipinski definition) is 3. The van der Waals surface area contributed by atoms with Crippen molar-refractivity contribution in [3.05, 3.63) is 44.2 Å². The van der Waals surface area contributed by atoms with Crippen molar-refractivity contribution < 1.29 is 14.6 Å². The molecule has 2 N–H and O–H groups in total. The maximum Gasteiger partial charge on any atom is 0.203 e. The van der Waals surface area contributed by atoms with Gasteiger partial charge >= 0.3 is 0 Å². The number of carbonyl (C=O) groups excluding carboxylic acids is 1. The van der Waals surface area contributed by atoms with Gasteiger partial charge in [-0.2, -0.15) is 0 Å². The molecular weight excluding hydrogens is 325 g/mol. The molecule has 1 aromatic carbocycles. The summed E-state index contributed by atoms with van der Waals surface area (Å²) in [5.41, 5.74) is 0.541. The van der Waals surface area contributed by atoms with Crippen LogP contribution in [0.1, 0.15) is 21.5 Å². The average molecular weight is 335 g/mol. The number of rotatable bonds is 3. The quantitative estimate of drug-likeness (QED) is 0.826. The van der Waals surface area contributed by atoms with Gasteiger partial charge in [-0.25, -0.2) is 0 Å². The standard InChI is InChI=1S/C13H10Cl3NO3/c1-5-3-7(14)12(20-2)9(10(5)18)11(19)6-4-8(15)17-13(6)16/h3-4,17-18H,1-2H3. The minimum Gasteiger partial charge on any atom is -0.507 e. The van der Waals surface area contributed by atoms with Gasteiger partial charge in [0.1, 0.15) is 21.6 Å². The van der Waals surface area contributed by atoms with Crippen LogP contribution in [0.5, 0.6) is 11.5 Å². The van der Waals surface area contributed by atoms with Crippen molar-refractivity contribution in [3.8, 4) is 11.5 Å². The molecule has 0 aliphatic rings. The normalized spacial score (nSPS) is 10.7. The molecule has 1 heterocycles. The van der Waals surface area contributed by atoms with Crippen molar-refractivity contribution in [1.29, 1.82) is 0 Å². The smallest absolute Gasteiger partial charge is 0.203 e. The summed E-state index contributed by atoms with van der Waals surface area (Å²) in [6, 6.07) is 2.89. The first-order chi connectivity index (χ1) is 9.36. The zero-order chi connectivity index (χ0) is 15.0. The number of carbonyl (C=O) groups is 1. The molecule has 0 saturated heterocycles. The van der Waals surface area contributed by atoms with E-state index in [0.29, 0.717) is 5.56 Å². The molecule has 0 spiro atoms. The van der Waals surface area contributed by atoms with Crippen molar-refractivity contribution >= 4 is 40.6 Å². The number of phenols is 1. The van der Waals surface area contributed by atoms with Crippen LogP contribution in [-0.2, 0) is 0 Å². The van der Waals surface area contributed by atoms with Crippen LogP contribution in [0.2, 0.25) is 15.3 Å². The molecule has 0 aliphatic heterocycles. The average Bonchev–Trinajstić information content (AvgIpc) is 2.71. The number of aromatic amines is 1. The third-order valence-electron chi connectivity index (χ3n) is 2.81. The molecule has 106 valence electrons. The maximum absolute atomic E-state index is 12.5. The maximum atomic E-state index is 12.5. The minimum absolute atomic E-state index is 0.0462. The second kappa shape index (κ2) is 5.56. The first-order valence-corrected chi connectivity index (χ1v) is 6.65. The Hall–Kier alpha value is -1.36. The fraction of sp³-hybridized carbons (Fsp3) is 0.154. The van der Waals surface area contributed by atoms with E-state index in [1.54, 1.807) is 6.92 Å². The highest BCUT2D eigenvalue weighted by atomic mass is 35.5. The van der Waals surface area contributed by atoms with Gasteiger partial charge in [-0.15, -0.1) is 0 Å². The fourth-order valence-corrected chi connectivity index (χ4v) is 2.69. The van der Waals surface area contributed by atoms with E-state index >= 15 is 0 Å². The predicted octanol–water partition coefficient (Wildman–Crippen LogP) is 4.23. The van der Waals surface area contributed by atoms with E-state index in [4.69, 9.17) is 39.5 Å². The molecule has 2 rings (SSSR count). The van der Waals surface area contributed by atoms with Gasteiger partial charge < -0.3 is 14.8 Å². The third kappa shape index (κ3) is 2.46. The van der Waals surface area contributed by atoms with Crippen molar-refractivity contribution in [2.75, 3.05) is 7.11 Å². The van der Waals surface area contributed by atoms with E-state index < -0.39 is 5.78 Å². The molecule has 0 atom stereocenters. The highest BCUT2D eigenvalue weighted by molar-refractivity contribution is 6.38. The molecule has 0 bridgehead atoms. The summed E-state index contributed by atoms with van der Waals surface area (Å²) in [4.78, 5) is 15.1. The first-order valence-electron chi connectivity index (χ1n) is 5.51. The Bertz CT molecular complexity index is 695. The highest BCUT2D eigenvalue weighted by Crippen LogP contribution is 2.39. The third-order valence-corrected chi connectivity index (χ3v) is 3.59. The van der Waals surface area contributed by atoms with Crippen LogP contribution in [0.15, 0.2) is 12.1 Å². The van der Waals surface area contributed by atoms with Crippen LogP contribution in [0.3, 0.4) is 0 Å². The van der Waals surface area contributed by atoms with E-state index in [1.165, 1.54) is 19.2 Å². The zero-order valence-corrected chi connectivity index (χ0v) is 12.8. The van der Waals surface area contributed by atoms with Crippen LogP contribution in [0, 0.1) is 6.92 Å². The molecule has 0 aliphatic carbocycles. The Morgan fingerprint density at radius 2 is 1.95 bits per heavy atom. The Balaban J connectivity index is 2.68. The van der Waals surface area contributed by atoms with E-state index in [1.807, 2.05) is 0 Å². The molecule has 1 aromatic heterocycles. The molecule has 0 radical (unpaired) electrons. The SMILES string of the molecule is COc1c(Cl)cc(C)c(O)c1C(=O)c1cc(Cl)[nH]c1Cl. The number of benzene rings is 1. The minimum atomic E-state index is -0.530. The van der Waals surface area contributed by atoms with Gasteiger partial charge in [0, 0.05) is 0 Å². The summed E-state index contributed by atoms with van der Waals surface area (Å²) in [5.74, 6) is -0.643. The van der Waals surface area contributed by atoms with Gasteiger partial charge in [0.05, 0.1) is 17.7 Å². The molecule has 2 aromatic rings. The largest absolute Gasteiger partial charge is 0.507 e. The monoisotopic (exact) mass is 333 g/mol. The van der Waals surface area contributed by atoms with Crippen molar-refractivity contribution in [1.82, 2.24) is 4.98 Å². The molecule has 7 heteroatoms. The molecule has 0 amide bonds. The number of methoxy groups -OCH3 is 1. The number of aromatic nitrogens is 1. The molecular formula is C13H10Cl3NO3. The number of nitrogens with one attached hydrogen (secondary N) is 1. The Labute approximate surface area is 130 Å². The lowest BCUT2D eigenvalue weighted by molar-refractivity contribution is 0.103. The zero-order valence-electron chi connectivity index (χ0n) is 10.6. The van der Waals surface area contributed by atoms with Crippen molar-refractivity contribution in [3.63, 3.8) is 0 Å². The second-order valence-corrected chi connectivity index (χ2v) is 5.30. The number of ether oxygens (including phenoxy) is 1. The van der Waals surface area contributed by atoms with E-state index in [9.17, 15) is 9.90 Å². The number of H-pyrrole nitrogens is 1. The molecule has 4 nitrogen and oxygen atoms in total. The van der Waals surface area contributed by atoms with E-state index in [0.717, 1.165) is 0 Å². The number of halogens is 3. The summed E-state index contributed by atoms with van der Waals surface area (Å²) in [6.07, 6.45) is 0.